The summed E-state index contributed by atoms with van der Waals surface area (Å²) < 4.78 is 1.98. The zero-order valence-corrected chi connectivity index (χ0v) is 29.6. The largest absolute Gasteiger partial charge is 0.480 e. The third kappa shape index (κ3) is 7.16. The van der Waals surface area contributed by atoms with Crippen LogP contribution >= 0.6 is 23.2 Å². The van der Waals surface area contributed by atoms with Gasteiger partial charge in [-0.25, -0.2) is 0 Å². The molecule has 0 spiro atoms. The number of hydrogen-bond donors (Lipinski definition) is 3. The molecule has 4 aromatic carbocycles. The van der Waals surface area contributed by atoms with Crippen LogP contribution in [-0.4, -0.2) is 56.8 Å². The van der Waals surface area contributed by atoms with Gasteiger partial charge in [-0.05, 0) is 77.7 Å². The van der Waals surface area contributed by atoms with Crippen molar-refractivity contribution in [3.05, 3.63) is 111 Å². The number of carbonyl (C=O) groups is 2. The number of carbonyl (C=O) groups excluding carboxylic acids is 1. The minimum atomic E-state index is -0.757. The monoisotopic (exact) mass is 709 g/mol. The molecule has 50 heavy (non-hydrogen) atoms. The Kier molecular flexibility index (Phi) is 10.2. The highest BCUT2D eigenvalue weighted by Gasteiger charge is 2.31. The number of aromatic nitrogens is 2. The van der Waals surface area contributed by atoms with Crippen molar-refractivity contribution in [1.82, 2.24) is 25.3 Å². The number of rotatable bonds is 12. The minimum absolute atomic E-state index is 0.135. The summed E-state index contributed by atoms with van der Waals surface area (Å²) in [7, 11) is 0. The number of amides is 1. The van der Waals surface area contributed by atoms with Crippen molar-refractivity contribution in [3.8, 4) is 22.3 Å². The van der Waals surface area contributed by atoms with E-state index in [1.165, 1.54) is 11.1 Å². The molecule has 2 atom stereocenters. The number of fused-ring (bicyclic) bond motifs is 1. The Bertz CT molecular complexity index is 2040. The summed E-state index contributed by atoms with van der Waals surface area (Å²) in [5.41, 5.74) is 9.33. The summed E-state index contributed by atoms with van der Waals surface area (Å²) >= 11 is 14.0. The predicted molar refractivity (Wildman–Crippen MR) is 199 cm³/mol. The van der Waals surface area contributed by atoms with Crippen LogP contribution in [0.25, 0.3) is 33.2 Å². The first-order chi connectivity index (χ1) is 24.3. The Morgan fingerprint density at radius 3 is 2.50 bits per heavy atom. The van der Waals surface area contributed by atoms with E-state index < -0.39 is 12.0 Å². The average molecular weight is 711 g/mol. The Morgan fingerprint density at radius 1 is 0.960 bits per heavy atom. The van der Waals surface area contributed by atoms with Gasteiger partial charge in [-0.1, -0.05) is 90.8 Å². The maximum atomic E-state index is 11.8. The van der Waals surface area contributed by atoms with E-state index in [0.717, 1.165) is 83.2 Å². The van der Waals surface area contributed by atoms with Crippen molar-refractivity contribution in [2.24, 2.45) is 0 Å². The molecule has 2 aliphatic rings. The Morgan fingerprint density at radius 2 is 1.74 bits per heavy atom. The van der Waals surface area contributed by atoms with Crippen molar-refractivity contribution < 1.29 is 14.7 Å². The number of likely N-dealkylation sites (tertiary alicyclic amines) is 1. The fourth-order valence-corrected chi connectivity index (χ4v) is 8.02. The first-order valence-electron chi connectivity index (χ1n) is 17.4. The number of aliphatic carboxylic acids is 1. The summed E-state index contributed by atoms with van der Waals surface area (Å²) in [6.07, 6.45) is 5.79. The third-order valence-electron chi connectivity index (χ3n) is 10.1. The van der Waals surface area contributed by atoms with E-state index in [1.54, 1.807) is 0 Å². The first-order valence-corrected chi connectivity index (χ1v) is 18.1. The number of carboxylic acids is 1. The molecule has 0 radical (unpaired) electrons. The summed E-state index contributed by atoms with van der Waals surface area (Å²) in [6, 6.07) is 24.7. The molecule has 7 rings (SSSR count). The van der Waals surface area contributed by atoms with Gasteiger partial charge in [0, 0.05) is 53.6 Å². The summed E-state index contributed by atoms with van der Waals surface area (Å²) in [5.74, 6) is -0.622. The molecule has 8 nitrogen and oxygen atoms in total. The van der Waals surface area contributed by atoms with Crippen molar-refractivity contribution >= 4 is 46.0 Å². The molecule has 3 heterocycles. The fourth-order valence-electron chi connectivity index (χ4n) is 7.43. The molecule has 2 saturated heterocycles. The quantitative estimate of drug-likeness (QED) is 0.123. The zero-order valence-electron chi connectivity index (χ0n) is 28.1. The summed E-state index contributed by atoms with van der Waals surface area (Å²) in [6.45, 7) is 5.48. The van der Waals surface area contributed by atoms with Crippen molar-refractivity contribution in [3.63, 3.8) is 0 Å². The van der Waals surface area contributed by atoms with Gasteiger partial charge in [0.1, 0.15) is 6.04 Å². The molecule has 2 aliphatic heterocycles. The second kappa shape index (κ2) is 15.0. The van der Waals surface area contributed by atoms with Gasteiger partial charge in [0.05, 0.1) is 23.3 Å². The van der Waals surface area contributed by atoms with Crippen molar-refractivity contribution in [1.29, 1.82) is 0 Å². The Labute approximate surface area is 302 Å². The molecule has 258 valence electrons. The number of hydrogen-bond acceptors (Lipinski definition) is 5. The van der Waals surface area contributed by atoms with Gasteiger partial charge in [-0.15, -0.1) is 0 Å². The molecule has 5 aromatic rings. The smallest absolute Gasteiger partial charge is 0.320 e. The van der Waals surface area contributed by atoms with Crippen molar-refractivity contribution in [2.75, 3.05) is 13.1 Å². The van der Waals surface area contributed by atoms with Gasteiger partial charge in [-0.3, -0.25) is 19.2 Å². The highest BCUT2D eigenvalue weighted by atomic mass is 35.5. The number of aryl methyl sites for hydroxylation is 1. The average Bonchev–Trinajstić information content (AvgIpc) is 3.87. The van der Waals surface area contributed by atoms with Crippen LogP contribution in [0.4, 0.5) is 0 Å². The van der Waals surface area contributed by atoms with Gasteiger partial charge < -0.3 is 15.7 Å². The second-order valence-corrected chi connectivity index (χ2v) is 14.2. The minimum Gasteiger partial charge on any atom is -0.480 e. The molecule has 2 unspecified atom stereocenters. The number of benzene rings is 4. The standard InChI is InChI=1S/C40H41Cl2N5O3/c1-2-26-18-29(35(41)19-28(26)23-46-17-5-10-37(46)40(49)50)24-47-36-9-4-7-32(34(36)22-44-47)33-8-3-6-31(39(33)42)27-13-11-25(12-14-27)20-43-21-30-15-16-38(48)45-30/h3-4,6-9,11-14,18-19,22,30,37,43H,2,5,10,15-17,20-21,23-24H2,1H3,(H,45,48)(H,49,50). The molecule has 2 fully saturated rings. The third-order valence-corrected chi connectivity index (χ3v) is 10.9. The molecule has 0 bridgehead atoms. The highest BCUT2D eigenvalue weighted by Crippen LogP contribution is 2.39. The van der Waals surface area contributed by atoms with E-state index in [4.69, 9.17) is 28.3 Å². The lowest BCUT2D eigenvalue weighted by atomic mass is 9.96. The Hall–Kier alpha value is -4.21. The highest BCUT2D eigenvalue weighted by molar-refractivity contribution is 6.36. The van der Waals surface area contributed by atoms with Crippen LogP contribution in [0.5, 0.6) is 0 Å². The van der Waals surface area contributed by atoms with E-state index in [1.807, 2.05) is 40.0 Å². The lowest BCUT2D eigenvalue weighted by Crippen LogP contribution is -2.35. The van der Waals surface area contributed by atoms with Gasteiger partial charge in [-0.2, -0.15) is 5.10 Å². The fraction of sp³-hybridized carbons (Fsp3) is 0.325. The number of nitrogens with one attached hydrogen (secondary N) is 2. The van der Waals surface area contributed by atoms with Gasteiger partial charge in [0.2, 0.25) is 5.91 Å². The van der Waals surface area contributed by atoms with E-state index in [9.17, 15) is 14.7 Å². The molecule has 1 aromatic heterocycles. The normalized spacial score (nSPS) is 17.9. The lowest BCUT2D eigenvalue weighted by molar-refractivity contribution is -0.142. The molecule has 3 N–H and O–H groups in total. The lowest BCUT2D eigenvalue weighted by Gasteiger charge is -2.23. The Balaban J connectivity index is 1.10. The van der Waals surface area contributed by atoms with Crippen LogP contribution in [0.15, 0.2) is 79.0 Å². The van der Waals surface area contributed by atoms with Gasteiger partial charge in [0.25, 0.3) is 0 Å². The van der Waals surface area contributed by atoms with Crippen LogP contribution in [0.2, 0.25) is 10.0 Å². The van der Waals surface area contributed by atoms with Gasteiger partial charge in [0.15, 0.2) is 0 Å². The molecule has 1 amide bonds. The molecule has 10 heteroatoms. The van der Waals surface area contributed by atoms with Crippen LogP contribution < -0.4 is 10.6 Å². The number of carboxylic acid groups (broad SMARTS) is 1. The summed E-state index contributed by atoms with van der Waals surface area (Å²) in [4.78, 5) is 25.3. The number of nitrogens with zero attached hydrogens (tertiary/aromatic N) is 3. The van der Waals surface area contributed by atoms with Crippen LogP contribution in [0, 0.1) is 0 Å². The molecule has 0 saturated carbocycles. The van der Waals surface area contributed by atoms with Crippen LogP contribution in [-0.2, 0) is 35.6 Å². The first kappa shape index (κ1) is 34.2. The van der Waals surface area contributed by atoms with E-state index in [0.29, 0.717) is 36.0 Å². The molecule has 0 aliphatic carbocycles. The van der Waals surface area contributed by atoms with Crippen LogP contribution in [0.3, 0.4) is 0 Å². The SMILES string of the molecule is CCc1cc(Cn2ncc3c(-c4cccc(-c5ccc(CNCC6CCC(=O)N6)cc5)c4Cl)cccc32)c(Cl)cc1CN1CCCC1C(=O)O. The van der Waals surface area contributed by atoms with E-state index in [2.05, 4.69) is 66.1 Å². The molecular formula is C40H41Cl2N5O3. The molecular weight excluding hydrogens is 669 g/mol. The number of halogens is 2. The topological polar surface area (TPSA) is 99.5 Å². The maximum Gasteiger partial charge on any atom is 0.320 e. The van der Waals surface area contributed by atoms with Gasteiger partial charge >= 0.3 is 5.97 Å². The predicted octanol–water partition coefficient (Wildman–Crippen LogP) is 7.71. The van der Waals surface area contributed by atoms with Crippen molar-refractivity contribution in [2.45, 2.75) is 70.7 Å². The van der Waals surface area contributed by atoms with E-state index >= 15 is 0 Å². The maximum absolute atomic E-state index is 11.8. The zero-order chi connectivity index (χ0) is 34.8. The van der Waals surface area contributed by atoms with Crippen LogP contribution in [0.1, 0.15) is 54.9 Å². The second-order valence-electron chi connectivity index (χ2n) is 13.4. The summed E-state index contributed by atoms with van der Waals surface area (Å²) in [5, 5.41) is 23.3. The van der Waals surface area contributed by atoms with E-state index in [-0.39, 0.29) is 11.9 Å².